The Kier molecular flexibility index (Phi) is 7.75. The number of aromatic nitrogens is 1. The lowest BCUT2D eigenvalue weighted by molar-refractivity contribution is -0.117. The molecule has 170 valence electrons. The Balaban J connectivity index is 2.02. The van der Waals surface area contributed by atoms with Gasteiger partial charge in [0, 0.05) is 25.9 Å². The van der Waals surface area contributed by atoms with E-state index >= 15 is 0 Å². The molecule has 1 atom stereocenters. The predicted molar refractivity (Wildman–Crippen MR) is 123 cm³/mol. The van der Waals surface area contributed by atoms with Crippen molar-refractivity contribution in [3.63, 3.8) is 0 Å². The summed E-state index contributed by atoms with van der Waals surface area (Å²) in [6, 6.07) is 13.4. The fourth-order valence-corrected chi connectivity index (χ4v) is 4.94. The van der Waals surface area contributed by atoms with Gasteiger partial charge in [-0.2, -0.15) is 10.5 Å². The van der Waals surface area contributed by atoms with Crippen LogP contribution < -0.4 is 16.4 Å². The Morgan fingerprint density at radius 1 is 1.18 bits per heavy atom. The van der Waals surface area contributed by atoms with Crippen LogP contribution in [0.1, 0.15) is 47.3 Å². The number of nitrogens with two attached hydrogens (primary N) is 2. The van der Waals surface area contributed by atoms with Crippen LogP contribution in [0.25, 0.3) is 0 Å². The maximum atomic E-state index is 12.3. The van der Waals surface area contributed by atoms with Crippen molar-refractivity contribution in [2.45, 2.75) is 42.6 Å². The molecule has 1 aromatic carbocycles. The Morgan fingerprint density at radius 3 is 2.33 bits per heavy atom. The van der Waals surface area contributed by atoms with Crippen molar-refractivity contribution < 1.29 is 14.3 Å². The molecular formula is C23H24N6O3S. The van der Waals surface area contributed by atoms with E-state index in [0.717, 1.165) is 11.8 Å². The average molecular weight is 465 g/mol. The second-order valence-corrected chi connectivity index (χ2v) is 8.57. The van der Waals surface area contributed by atoms with Gasteiger partial charge in [0.25, 0.3) is 0 Å². The maximum absolute atomic E-state index is 12.3. The molecule has 1 saturated heterocycles. The number of anilines is 1. The molecule has 10 heteroatoms. The molecule has 0 bridgehead atoms. The van der Waals surface area contributed by atoms with Crippen LogP contribution in [0.3, 0.4) is 0 Å². The zero-order chi connectivity index (χ0) is 24.0. The van der Waals surface area contributed by atoms with Crippen LogP contribution >= 0.6 is 11.8 Å². The molecule has 1 aliphatic rings. The van der Waals surface area contributed by atoms with Crippen molar-refractivity contribution >= 4 is 29.6 Å². The number of amides is 2. The van der Waals surface area contributed by atoms with Crippen LogP contribution in [0.4, 0.5) is 10.6 Å². The van der Waals surface area contributed by atoms with E-state index in [1.165, 1.54) is 0 Å². The second kappa shape index (κ2) is 10.7. The Hall–Kier alpha value is -3.76. The largest absolute Gasteiger partial charge is 0.446 e. The fourth-order valence-electron chi connectivity index (χ4n) is 3.88. The minimum Gasteiger partial charge on any atom is -0.446 e. The van der Waals surface area contributed by atoms with Crippen LogP contribution in [0.2, 0.25) is 0 Å². The summed E-state index contributed by atoms with van der Waals surface area (Å²) >= 11 is 1.11. The number of hydrogen-bond donors (Lipinski definition) is 2. The van der Waals surface area contributed by atoms with Gasteiger partial charge in [0.15, 0.2) is 0 Å². The number of nitrogens with zero attached hydrogens (tertiary/aromatic N) is 4. The SMILES string of the molecule is CCc1c(C#N)c(S[C@@H](C(N)=O)c2ccccc2)nc(N2CCC(OC(N)=O)CC2)c1C#N. The highest BCUT2D eigenvalue weighted by Crippen LogP contribution is 2.39. The topological polar surface area (TPSA) is 159 Å². The van der Waals surface area contributed by atoms with Gasteiger partial charge in [-0.05, 0) is 17.5 Å². The van der Waals surface area contributed by atoms with Gasteiger partial charge in [-0.1, -0.05) is 49.0 Å². The first-order chi connectivity index (χ1) is 15.9. The van der Waals surface area contributed by atoms with E-state index in [4.69, 9.17) is 16.2 Å². The molecule has 0 aliphatic carbocycles. The Morgan fingerprint density at radius 2 is 1.82 bits per heavy atom. The average Bonchev–Trinajstić information content (AvgIpc) is 2.81. The summed E-state index contributed by atoms with van der Waals surface area (Å²) in [4.78, 5) is 29.9. The van der Waals surface area contributed by atoms with E-state index in [-0.39, 0.29) is 11.7 Å². The van der Waals surface area contributed by atoms with E-state index in [0.29, 0.717) is 59.9 Å². The summed E-state index contributed by atoms with van der Waals surface area (Å²) in [5.74, 6) is -0.102. The van der Waals surface area contributed by atoms with Crippen molar-refractivity contribution in [2.75, 3.05) is 18.0 Å². The van der Waals surface area contributed by atoms with Gasteiger partial charge in [-0.15, -0.1) is 0 Å². The molecule has 9 nitrogen and oxygen atoms in total. The lowest BCUT2D eigenvalue weighted by Crippen LogP contribution is -2.39. The summed E-state index contributed by atoms with van der Waals surface area (Å²) in [6.45, 7) is 2.86. The third-order valence-corrected chi connectivity index (χ3v) is 6.70. The molecule has 33 heavy (non-hydrogen) atoms. The summed E-state index contributed by atoms with van der Waals surface area (Å²) in [6.07, 6.45) is 0.413. The van der Waals surface area contributed by atoms with Crippen LogP contribution in [0, 0.1) is 22.7 Å². The van der Waals surface area contributed by atoms with Crippen LogP contribution in [0.5, 0.6) is 0 Å². The quantitative estimate of drug-likeness (QED) is 0.592. The third kappa shape index (κ3) is 5.36. The lowest BCUT2D eigenvalue weighted by atomic mass is 10.0. The maximum Gasteiger partial charge on any atom is 0.404 e. The molecule has 1 aliphatic heterocycles. The number of carbonyl (C=O) groups excluding carboxylic acids is 2. The first-order valence-electron chi connectivity index (χ1n) is 10.5. The van der Waals surface area contributed by atoms with Crippen molar-refractivity contribution in [3.8, 4) is 12.1 Å². The van der Waals surface area contributed by atoms with E-state index < -0.39 is 17.3 Å². The van der Waals surface area contributed by atoms with Gasteiger partial charge in [0.2, 0.25) is 5.91 Å². The van der Waals surface area contributed by atoms with E-state index in [2.05, 4.69) is 17.1 Å². The Bertz CT molecular complexity index is 1120. The number of piperidine rings is 1. The summed E-state index contributed by atoms with van der Waals surface area (Å²) in [5.41, 5.74) is 12.7. The Labute approximate surface area is 196 Å². The normalized spacial score (nSPS) is 14.7. The highest BCUT2D eigenvalue weighted by molar-refractivity contribution is 8.00. The van der Waals surface area contributed by atoms with Crippen LogP contribution in [0.15, 0.2) is 35.4 Å². The molecule has 2 heterocycles. The highest BCUT2D eigenvalue weighted by Gasteiger charge is 2.29. The van der Waals surface area contributed by atoms with Gasteiger partial charge in [-0.25, -0.2) is 9.78 Å². The predicted octanol–water partition coefficient (Wildman–Crippen LogP) is 2.77. The summed E-state index contributed by atoms with van der Waals surface area (Å²) < 4.78 is 5.09. The van der Waals surface area contributed by atoms with Gasteiger partial charge in [0.05, 0.1) is 11.1 Å². The first kappa shape index (κ1) is 23.9. The number of thioether (sulfide) groups is 1. The zero-order valence-corrected chi connectivity index (χ0v) is 19.0. The number of hydrogen-bond acceptors (Lipinski definition) is 8. The molecule has 0 radical (unpaired) electrons. The van der Waals surface area contributed by atoms with Gasteiger partial charge < -0.3 is 21.1 Å². The van der Waals surface area contributed by atoms with Gasteiger partial charge in [0.1, 0.15) is 34.3 Å². The van der Waals surface area contributed by atoms with Crippen molar-refractivity contribution in [2.24, 2.45) is 11.5 Å². The van der Waals surface area contributed by atoms with Crippen LogP contribution in [-0.4, -0.2) is 36.2 Å². The van der Waals surface area contributed by atoms with Crippen LogP contribution in [-0.2, 0) is 16.0 Å². The van der Waals surface area contributed by atoms with E-state index in [1.54, 1.807) is 12.1 Å². The standard InChI is InChI=1S/C23H24N6O3S/c1-2-16-17(12-24)21(29-10-8-15(9-11-29)32-23(27)31)28-22(18(16)13-25)33-19(20(26)30)14-6-4-3-5-7-14/h3-7,15,19H,2,8-11H2,1H3,(H2,26,30)(H2,27,31)/t19-/m1/s1. The number of primary amides is 2. The van der Waals surface area contributed by atoms with E-state index in [9.17, 15) is 20.1 Å². The summed E-state index contributed by atoms with van der Waals surface area (Å²) in [5, 5.41) is 19.4. The number of pyridine rings is 1. The minimum absolute atomic E-state index is 0.275. The molecule has 4 N–H and O–H groups in total. The number of nitriles is 2. The smallest absolute Gasteiger partial charge is 0.404 e. The summed E-state index contributed by atoms with van der Waals surface area (Å²) in [7, 11) is 0. The van der Waals surface area contributed by atoms with Gasteiger partial charge in [-0.3, -0.25) is 4.79 Å². The molecule has 0 unspecified atom stereocenters. The number of benzene rings is 1. The number of ether oxygens (including phenoxy) is 1. The number of rotatable bonds is 7. The molecule has 2 amide bonds. The molecule has 3 rings (SSSR count). The van der Waals surface area contributed by atoms with E-state index in [1.807, 2.05) is 30.0 Å². The molecule has 1 aromatic heterocycles. The monoisotopic (exact) mass is 464 g/mol. The fraction of sp³-hybridized carbons (Fsp3) is 0.348. The van der Waals surface area contributed by atoms with Crippen molar-refractivity contribution in [3.05, 3.63) is 52.6 Å². The number of carbonyl (C=O) groups is 2. The molecule has 2 aromatic rings. The lowest BCUT2D eigenvalue weighted by Gasteiger charge is -2.33. The van der Waals surface area contributed by atoms with Crippen molar-refractivity contribution in [1.29, 1.82) is 10.5 Å². The minimum atomic E-state index is -0.812. The molecule has 0 spiro atoms. The van der Waals surface area contributed by atoms with Gasteiger partial charge >= 0.3 is 6.09 Å². The molecule has 0 saturated carbocycles. The first-order valence-corrected chi connectivity index (χ1v) is 11.4. The third-order valence-electron chi connectivity index (χ3n) is 5.44. The molecular weight excluding hydrogens is 440 g/mol. The molecule has 1 fully saturated rings. The van der Waals surface area contributed by atoms with Crippen molar-refractivity contribution in [1.82, 2.24) is 4.98 Å². The second-order valence-electron chi connectivity index (χ2n) is 7.48. The highest BCUT2D eigenvalue weighted by atomic mass is 32.2. The zero-order valence-electron chi connectivity index (χ0n) is 18.2.